The van der Waals surface area contributed by atoms with Crippen LogP contribution in [0.5, 0.6) is 0 Å². The van der Waals surface area contributed by atoms with E-state index in [0.29, 0.717) is 32.5 Å². The van der Waals surface area contributed by atoms with Gasteiger partial charge in [-0.2, -0.15) is 0 Å². The number of halogens is 2. The number of anilines is 2. The summed E-state index contributed by atoms with van der Waals surface area (Å²) in [7, 11) is 0. The van der Waals surface area contributed by atoms with Gasteiger partial charge in [-0.1, -0.05) is 59.6 Å². The second-order valence-electron chi connectivity index (χ2n) is 7.09. The number of rotatable bonds is 4. The number of amides is 2. The summed E-state index contributed by atoms with van der Waals surface area (Å²) >= 11 is 17.5. The van der Waals surface area contributed by atoms with Crippen molar-refractivity contribution in [1.82, 2.24) is 5.32 Å². The molecule has 0 radical (unpaired) electrons. The Morgan fingerprint density at radius 1 is 0.697 bits per heavy atom. The quantitative estimate of drug-likeness (QED) is 0.282. The fourth-order valence-electron chi connectivity index (χ4n) is 3.31. The highest BCUT2D eigenvalue weighted by Crippen LogP contribution is 2.26. The Kier molecular flexibility index (Phi) is 6.89. The lowest BCUT2D eigenvalue weighted by Gasteiger charge is -2.12. The summed E-state index contributed by atoms with van der Waals surface area (Å²) in [4.78, 5) is 25.3. The van der Waals surface area contributed by atoms with E-state index in [2.05, 4.69) is 16.0 Å². The zero-order chi connectivity index (χ0) is 23.4. The molecule has 0 bridgehead atoms. The van der Waals surface area contributed by atoms with Crippen LogP contribution in [0.25, 0.3) is 10.8 Å². The van der Waals surface area contributed by atoms with E-state index < -0.39 is 0 Å². The van der Waals surface area contributed by atoms with Gasteiger partial charge in [0, 0.05) is 37.9 Å². The van der Waals surface area contributed by atoms with Crippen molar-refractivity contribution >= 4 is 74.5 Å². The molecule has 4 aromatic carbocycles. The molecule has 0 aliphatic heterocycles. The van der Waals surface area contributed by atoms with Gasteiger partial charge in [-0.3, -0.25) is 14.9 Å². The standard InChI is InChI=1S/C25H17Cl2N3O2S/c26-16-6-1-5-15(13-16)23(31)28-17-7-2-8-18(14-17)29-25(33)30-24(32)21-11-3-10-20-19(21)9-4-12-22(20)27/h1-14H,(H,28,31)(H2,29,30,32,33). The second-order valence-corrected chi connectivity index (χ2v) is 8.35. The number of fused-ring (bicyclic) bond motifs is 1. The summed E-state index contributed by atoms with van der Waals surface area (Å²) in [5.41, 5.74) is 2.06. The molecule has 0 saturated carbocycles. The van der Waals surface area contributed by atoms with Gasteiger partial charge in [0.1, 0.15) is 0 Å². The number of hydrogen-bond donors (Lipinski definition) is 3. The molecular formula is C25H17Cl2N3O2S. The van der Waals surface area contributed by atoms with Crippen molar-refractivity contribution in [3.8, 4) is 0 Å². The van der Waals surface area contributed by atoms with E-state index in [0.717, 1.165) is 10.8 Å². The third-order valence-corrected chi connectivity index (χ3v) is 5.57. The number of nitrogens with one attached hydrogen (secondary N) is 3. The first kappa shape index (κ1) is 22.7. The molecule has 164 valence electrons. The molecule has 0 spiro atoms. The molecule has 8 heteroatoms. The van der Waals surface area contributed by atoms with Crippen LogP contribution < -0.4 is 16.0 Å². The van der Waals surface area contributed by atoms with Crippen LogP contribution in [0.1, 0.15) is 20.7 Å². The summed E-state index contributed by atoms with van der Waals surface area (Å²) < 4.78 is 0. The highest BCUT2D eigenvalue weighted by atomic mass is 35.5. The van der Waals surface area contributed by atoms with E-state index in [1.165, 1.54) is 0 Å². The largest absolute Gasteiger partial charge is 0.332 e. The van der Waals surface area contributed by atoms with Crippen LogP contribution in [0.4, 0.5) is 11.4 Å². The maximum atomic E-state index is 12.8. The maximum absolute atomic E-state index is 12.8. The topological polar surface area (TPSA) is 70.2 Å². The van der Waals surface area contributed by atoms with Crippen molar-refractivity contribution in [3.63, 3.8) is 0 Å². The van der Waals surface area contributed by atoms with Crippen LogP contribution in [-0.2, 0) is 0 Å². The van der Waals surface area contributed by atoms with Gasteiger partial charge in [0.05, 0.1) is 0 Å². The smallest absolute Gasteiger partial charge is 0.258 e. The predicted molar refractivity (Wildman–Crippen MR) is 138 cm³/mol. The summed E-state index contributed by atoms with van der Waals surface area (Å²) in [6, 6.07) is 24.4. The molecule has 5 nitrogen and oxygen atoms in total. The summed E-state index contributed by atoms with van der Waals surface area (Å²) in [5, 5.41) is 11.2. The number of carbonyl (C=O) groups excluding carboxylic acids is 2. The first-order valence-electron chi connectivity index (χ1n) is 9.87. The Bertz CT molecular complexity index is 1390. The Morgan fingerprint density at radius 2 is 1.36 bits per heavy atom. The lowest BCUT2D eigenvalue weighted by Crippen LogP contribution is -2.34. The van der Waals surface area contributed by atoms with Gasteiger partial charge in [0.15, 0.2) is 5.11 Å². The Hall–Kier alpha value is -3.45. The molecule has 3 N–H and O–H groups in total. The van der Waals surface area contributed by atoms with Gasteiger partial charge >= 0.3 is 0 Å². The number of thiocarbonyl (C=S) groups is 1. The monoisotopic (exact) mass is 493 g/mol. The Morgan fingerprint density at radius 3 is 2.15 bits per heavy atom. The molecule has 4 aromatic rings. The summed E-state index contributed by atoms with van der Waals surface area (Å²) in [5.74, 6) is -0.647. The van der Waals surface area contributed by atoms with E-state index in [4.69, 9.17) is 35.4 Å². The molecule has 0 aromatic heterocycles. The van der Waals surface area contributed by atoms with Crippen LogP contribution in [0, 0.1) is 0 Å². The number of carbonyl (C=O) groups is 2. The third kappa shape index (κ3) is 5.49. The average Bonchev–Trinajstić information content (AvgIpc) is 2.79. The number of hydrogen-bond acceptors (Lipinski definition) is 3. The molecule has 4 rings (SSSR count). The van der Waals surface area contributed by atoms with Gasteiger partial charge in [0.2, 0.25) is 0 Å². The number of benzene rings is 4. The Labute approximate surface area is 205 Å². The van der Waals surface area contributed by atoms with Crippen molar-refractivity contribution < 1.29 is 9.59 Å². The van der Waals surface area contributed by atoms with Crippen LogP contribution in [-0.4, -0.2) is 16.9 Å². The molecule has 2 amide bonds. The van der Waals surface area contributed by atoms with Gasteiger partial charge in [-0.25, -0.2) is 0 Å². The highest BCUT2D eigenvalue weighted by Gasteiger charge is 2.13. The zero-order valence-corrected chi connectivity index (χ0v) is 19.4. The van der Waals surface area contributed by atoms with E-state index in [1.807, 2.05) is 12.1 Å². The molecule has 0 saturated heterocycles. The Balaban J connectivity index is 1.44. The molecule has 0 fully saturated rings. The van der Waals surface area contributed by atoms with Crippen LogP contribution in [0.3, 0.4) is 0 Å². The molecular weight excluding hydrogens is 477 g/mol. The van der Waals surface area contributed by atoms with Crippen molar-refractivity contribution in [2.75, 3.05) is 10.6 Å². The van der Waals surface area contributed by atoms with Gasteiger partial charge in [-0.15, -0.1) is 0 Å². The molecule has 0 aliphatic rings. The second kappa shape index (κ2) is 10.0. The zero-order valence-electron chi connectivity index (χ0n) is 17.1. The lowest BCUT2D eigenvalue weighted by atomic mass is 10.0. The van der Waals surface area contributed by atoms with E-state index in [-0.39, 0.29) is 16.9 Å². The normalized spacial score (nSPS) is 10.5. The minimum Gasteiger partial charge on any atom is -0.332 e. The van der Waals surface area contributed by atoms with Crippen LogP contribution in [0.15, 0.2) is 84.9 Å². The predicted octanol–water partition coefficient (Wildman–Crippen LogP) is 6.53. The lowest BCUT2D eigenvalue weighted by molar-refractivity contribution is 0.0978. The van der Waals surface area contributed by atoms with E-state index >= 15 is 0 Å². The van der Waals surface area contributed by atoms with Crippen molar-refractivity contribution in [1.29, 1.82) is 0 Å². The minimum atomic E-state index is -0.356. The van der Waals surface area contributed by atoms with E-state index in [9.17, 15) is 9.59 Å². The van der Waals surface area contributed by atoms with Crippen LogP contribution >= 0.6 is 35.4 Å². The molecule has 0 atom stereocenters. The molecule has 0 unspecified atom stereocenters. The summed E-state index contributed by atoms with van der Waals surface area (Å²) in [6.45, 7) is 0. The SMILES string of the molecule is O=C(Nc1cccc(NC(=S)NC(=O)c2cccc3c(Cl)cccc23)c1)c1cccc(Cl)c1. The first-order valence-corrected chi connectivity index (χ1v) is 11.0. The van der Waals surface area contributed by atoms with Gasteiger partial charge in [0.25, 0.3) is 11.8 Å². The van der Waals surface area contributed by atoms with E-state index in [1.54, 1.807) is 72.8 Å². The van der Waals surface area contributed by atoms with Crippen LogP contribution in [0.2, 0.25) is 10.0 Å². The summed E-state index contributed by atoms with van der Waals surface area (Å²) in [6.07, 6.45) is 0. The average molecular weight is 494 g/mol. The highest BCUT2D eigenvalue weighted by molar-refractivity contribution is 7.80. The van der Waals surface area contributed by atoms with Crippen molar-refractivity contribution in [3.05, 3.63) is 106 Å². The molecule has 0 heterocycles. The van der Waals surface area contributed by atoms with Gasteiger partial charge in [-0.05, 0) is 66.1 Å². The van der Waals surface area contributed by atoms with Gasteiger partial charge < -0.3 is 10.6 Å². The molecule has 33 heavy (non-hydrogen) atoms. The third-order valence-electron chi connectivity index (χ3n) is 4.81. The first-order chi connectivity index (χ1) is 15.9. The van der Waals surface area contributed by atoms with Crippen molar-refractivity contribution in [2.24, 2.45) is 0 Å². The fraction of sp³-hybridized carbons (Fsp3) is 0. The fourth-order valence-corrected chi connectivity index (χ4v) is 3.95. The van der Waals surface area contributed by atoms with Crippen molar-refractivity contribution in [2.45, 2.75) is 0 Å². The molecule has 0 aliphatic carbocycles. The minimum absolute atomic E-state index is 0.123. The maximum Gasteiger partial charge on any atom is 0.258 e.